The van der Waals surface area contributed by atoms with Crippen LogP contribution in [0.3, 0.4) is 0 Å². The highest BCUT2D eigenvalue weighted by molar-refractivity contribution is 7.89. The van der Waals surface area contributed by atoms with Gasteiger partial charge in [0.05, 0.1) is 12.0 Å². The molecule has 0 spiro atoms. The van der Waals surface area contributed by atoms with E-state index in [-0.39, 0.29) is 35.7 Å². The fourth-order valence-corrected chi connectivity index (χ4v) is 6.89. The highest BCUT2D eigenvalue weighted by atomic mass is 32.2. The third-order valence-corrected chi connectivity index (χ3v) is 9.74. The first-order valence-electron chi connectivity index (χ1n) is 14.1. The summed E-state index contributed by atoms with van der Waals surface area (Å²) in [5.74, 6) is -0.523. The van der Waals surface area contributed by atoms with Crippen LogP contribution >= 0.6 is 0 Å². The quantitative estimate of drug-likeness (QED) is 0.219. The first-order chi connectivity index (χ1) is 20.7. The van der Waals surface area contributed by atoms with Gasteiger partial charge in [0.25, 0.3) is 17.7 Å². The number of hydrogen-bond donors (Lipinski definition) is 0. The molecule has 1 heterocycles. The van der Waals surface area contributed by atoms with Crippen LogP contribution in [0.4, 0.5) is 5.69 Å². The van der Waals surface area contributed by atoms with Gasteiger partial charge in [0.2, 0.25) is 10.0 Å². The Bertz CT molecular complexity index is 1750. The lowest BCUT2D eigenvalue weighted by Crippen LogP contribution is -2.42. The standard InChI is InChI=1S/C33H33N3O6S/c1-4-34(5-2)43(40,41)27-18-16-24(17-19-27)31(37)35(25-12-8-13-26(22-25)42-3)20-9-21-36-32(38)28-14-6-10-23-11-7-15-29(30(23)28)33(36)39/h6-8,10-19,22H,4-5,9,20-21H2,1-3H3. The van der Waals surface area contributed by atoms with Crippen molar-refractivity contribution in [1.82, 2.24) is 9.21 Å². The molecule has 0 saturated heterocycles. The molecule has 1 aliphatic rings. The van der Waals surface area contributed by atoms with Crippen LogP contribution in [-0.4, -0.2) is 68.6 Å². The third-order valence-electron chi connectivity index (χ3n) is 7.67. The summed E-state index contributed by atoms with van der Waals surface area (Å²) in [6.45, 7) is 4.52. The van der Waals surface area contributed by atoms with Gasteiger partial charge in [-0.3, -0.25) is 19.3 Å². The Balaban J connectivity index is 1.39. The minimum atomic E-state index is -3.67. The smallest absolute Gasteiger partial charge is 0.261 e. The molecule has 0 unspecified atom stereocenters. The zero-order valence-electron chi connectivity index (χ0n) is 24.3. The number of hydrogen-bond acceptors (Lipinski definition) is 6. The van der Waals surface area contributed by atoms with Crippen molar-refractivity contribution < 1.29 is 27.5 Å². The van der Waals surface area contributed by atoms with Crippen LogP contribution in [0.5, 0.6) is 5.75 Å². The number of benzene rings is 4. The molecule has 222 valence electrons. The molecule has 0 bridgehead atoms. The monoisotopic (exact) mass is 599 g/mol. The largest absolute Gasteiger partial charge is 0.497 e. The predicted molar refractivity (Wildman–Crippen MR) is 165 cm³/mol. The Morgan fingerprint density at radius 2 is 1.44 bits per heavy atom. The Labute approximate surface area is 251 Å². The molecule has 10 heteroatoms. The van der Waals surface area contributed by atoms with Gasteiger partial charge in [-0.05, 0) is 60.3 Å². The van der Waals surface area contributed by atoms with Gasteiger partial charge >= 0.3 is 0 Å². The second-order valence-electron chi connectivity index (χ2n) is 10.1. The Morgan fingerprint density at radius 3 is 2.02 bits per heavy atom. The maximum atomic E-state index is 13.8. The van der Waals surface area contributed by atoms with Crippen molar-refractivity contribution in [2.75, 3.05) is 38.2 Å². The first-order valence-corrected chi connectivity index (χ1v) is 15.6. The number of rotatable bonds is 11. The highest BCUT2D eigenvalue weighted by Crippen LogP contribution is 2.30. The maximum Gasteiger partial charge on any atom is 0.261 e. The second kappa shape index (κ2) is 12.4. The van der Waals surface area contributed by atoms with E-state index in [4.69, 9.17) is 4.74 Å². The van der Waals surface area contributed by atoms with Crippen LogP contribution in [0, 0.1) is 0 Å². The van der Waals surface area contributed by atoms with E-state index in [0.29, 0.717) is 53.0 Å². The van der Waals surface area contributed by atoms with Crippen molar-refractivity contribution in [2.45, 2.75) is 25.2 Å². The molecule has 5 rings (SSSR count). The van der Waals surface area contributed by atoms with E-state index in [9.17, 15) is 22.8 Å². The minimum absolute atomic E-state index is 0.108. The van der Waals surface area contributed by atoms with Gasteiger partial charge in [0, 0.05) is 60.0 Å². The van der Waals surface area contributed by atoms with Gasteiger partial charge < -0.3 is 9.64 Å². The lowest BCUT2D eigenvalue weighted by atomic mass is 9.94. The average molecular weight is 600 g/mol. The number of imide groups is 1. The molecule has 4 aromatic rings. The molecule has 0 saturated carbocycles. The van der Waals surface area contributed by atoms with E-state index >= 15 is 0 Å². The molecule has 1 aliphatic heterocycles. The van der Waals surface area contributed by atoms with Crippen molar-refractivity contribution in [1.29, 1.82) is 0 Å². The molecule has 0 radical (unpaired) electrons. The number of nitrogens with zero attached hydrogens (tertiary/aromatic N) is 3. The molecule has 3 amide bonds. The van der Waals surface area contributed by atoms with Crippen molar-refractivity contribution >= 4 is 44.2 Å². The summed E-state index contributed by atoms with van der Waals surface area (Å²) in [6, 6.07) is 23.7. The van der Waals surface area contributed by atoms with Crippen LogP contribution in [-0.2, 0) is 10.0 Å². The molecule has 43 heavy (non-hydrogen) atoms. The van der Waals surface area contributed by atoms with Crippen LogP contribution in [0.15, 0.2) is 89.8 Å². The van der Waals surface area contributed by atoms with E-state index in [1.807, 2.05) is 12.1 Å². The van der Waals surface area contributed by atoms with Gasteiger partial charge in [-0.15, -0.1) is 0 Å². The predicted octanol–water partition coefficient (Wildman–Crippen LogP) is 5.21. The summed E-state index contributed by atoms with van der Waals surface area (Å²) in [5, 5.41) is 1.50. The van der Waals surface area contributed by atoms with E-state index in [1.165, 1.54) is 40.6 Å². The summed E-state index contributed by atoms with van der Waals surface area (Å²) >= 11 is 0. The van der Waals surface area contributed by atoms with E-state index in [1.54, 1.807) is 67.3 Å². The van der Waals surface area contributed by atoms with E-state index < -0.39 is 10.0 Å². The fraction of sp³-hybridized carbons (Fsp3) is 0.242. The molecule has 0 N–H and O–H groups in total. The highest BCUT2D eigenvalue weighted by Gasteiger charge is 2.32. The summed E-state index contributed by atoms with van der Waals surface area (Å²) in [5.41, 5.74) is 1.82. The number of ether oxygens (including phenoxy) is 1. The number of amides is 3. The van der Waals surface area contributed by atoms with Crippen molar-refractivity contribution in [2.24, 2.45) is 0 Å². The zero-order valence-corrected chi connectivity index (χ0v) is 25.1. The van der Waals surface area contributed by atoms with Gasteiger partial charge in [-0.25, -0.2) is 8.42 Å². The fourth-order valence-electron chi connectivity index (χ4n) is 5.43. The summed E-state index contributed by atoms with van der Waals surface area (Å²) < 4.78 is 32.6. The molecular weight excluding hydrogens is 566 g/mol. The van der Waals surface area contributed by atoms with Gasteiger partial charge in [0.1, 0.15) is 5.75 Å². The van der Waals surface area contributed by atoms with Crippen molar-refractivity contribution in [3.8, 4) is 5.75 Å². The molecular formula is C33H33N3O6S. The van der Waals surface area contributed by atoms with Gasteiger partial charge in [-0.1, -0.05) is 44.2 Å². The van der Waals surface area contributed by atoms with Crippen LogP contribution in [0.1, 0.15) is 51.3 Å². The molecule has 0 fully saturated rings. The summed E-state index contributed by atoms with van der Waals surface area (Å²) in [7, 11) is -2.14. The van der Waals surface area contributed by atoms with Crippen molar-refractivity contribution in [3.05, 3.63) is 102 Å². The van der Waals surface area contributed by atoms with Crippen LogP contribution < -0.4 is 9.64 Å². The van der Waals surface area contributed by atoms with E-state index in [0.717, 1.165) is 5.39 Å². The molecule has 9 nitrogen and oxygen atoms in total. The lowest BCUT2D eigenvalue weighted by molar-refractivity contribution is 0.0610. The van der Waals surface area contributed by atoms with Crippen molar-refractivity contribution in [3.63, 3.8) is 0 Å². The summed E-state index contributed by atoms with van der Waals surface area (Å²) in [4.78, 5) is 43.4. The number of anilines is 1. The second-order valence-corrected chi connectivity index (χ2v) is 12.0. The SMILES string of the molecule is CCN(CC)S(=O)(=O)c1ccc(C(=O)N(CCCN2C(=O)c3cccc4cccc(c34)C2=O)c2cccc(OC)c2)cc1. The number of sulfonamides is 1. The Kier molecular flexibility index (Phi) is 8.61. The lowest BCUT2D eigenvalue weighted by Gasteiger charge is -2.29. The number of carbonyl (C=O) groups is 3. The Morgan fingerprint density at radius 1 is 0.837 bits per heavy atom. The minimum Gasteiger partial charge on any atom is -0.497 e. The maximum absolute atomic E-state index is 13.8. The van der Waals surface area contributed by atoms with Gasteiger partial charge in [0.15, 0.2) is 0 Å². The summed E-state index contributed by atoms with van der Waals surface area (Å²) in [6.07, 6.45) is 0.312. The van der Waals surface area contributed by atoms with Gasteiger partial charge in [-0.2, -0.15) is 4.31 Å². The number of methoxy groups -OCH3 is 1. The molecule has 0 atom stereocenters. The third kappa shape index (κ3) is 5.63. The Hall–Kier alpha value is -4.54. The zero-order chi connectivity index (χ0) is 30.7. The molecule has 4 aromatic carbocycles. The molecule has 0 aromatic heterocycles. The first kappa shape index (κ1) is 29.9. The normalized spacial score (nSPS) is 13.1. The van der Waals surface area contributed by atoms with Crippen LogP contribution in [0.2, 0.25) is 0 Å². The topological polar surface area (TPSA) is 104 Å². The molecule has 0 aliphatic carbocycles. The number of carbonyl (C=O) groups excluding carboxylic acids is 3. The van der Waals surface area contributed by atoms with Crippen LogP contribution in [0.25, 0.3) is 10.8 Å². The van der Waals surface area contributed by atoms with E-state index in [2.05, 4.69) is 0 Å². The average Bonchev–Trinajstić information content (AvgIpc) is 3.03.